The Morgan fingerprint density at radius 1 is 1.32 bits per heavy atom. The summed E-state index contributed by atoms with van der Waals surface area (Å²) in [7, 11) is 0. The van der Waals surface area contributed by atoms with Gasteiger partial charge in [-0.15, -0.1) is 0 Å². The van der Waals surface area contributed by atoms with Crippen molar-refractivity contribution in [3.8, 4) is 5.75 Å². The summed E-state index contributed by atoms with van der Waals surface area (Å²) in [4.78, 5) is 22.4. The lowest BCUT2D eigenvalue weighted by molar-refractivity contribution is -0.137. The number of aliphatic carboxylic acids is 1. The van der Waals surface area contributed by atoms with Crippen LogP contribution in [0.3, 0.4) is 0 Å². The zero-order valence-electron chi connectivity index (χ0n) is 11.9. The number of carboxylic acids is 1. The maximum atomic E-state index is 12.0. The molecule has 1 aliphatic rings. The van der Waals surface area contributed by atoms with Gasteiger partial charge in [0.05, 0.1) is 11.6 Å². The number of fused-ring (bicyclic) bond motifs is 3. The summed E-state index contributed by atoms with van der Waals surface area (Å²) in [5.74, 6) is -0.463. The summed E-state index contributed by atoms with van der Waals surface area (Å²) >= 11 is 6.23. The highest BCUT2D eigenvalue weighted by Crippen LogP contribution is 2.34. The van der Waals surface area contributed by atoms with E-state index in [9.17, 15) is 9.59 Å². The van der Waals surface area contributed by atoms with Crippen LogP contribution in [0.1, 0.15) is 30.4 Å². The standard InChI is InChI=1S/C16H15ClO5/c17-12-7-11-9-3-1-4-10(9)16(20)22-13(11)8-14(12)21-6-2-5-15(18)19/h7-8H,1-6H2,(H,18,19). The van der Waals surface area contributed by atoms with Crippen molar-refractivity contribution >= 4 is 28.5 Å². The molecule has 3 rings (SSSR count). The number of hydrogen-bond acceptors (Lipinski definition) is 4. The molecule has 22 heavy (non-hydrogen) atoms. The van der Waals surface area contributed by atoms with Gasteiger partial charge in [-0.25, -0.2) is 4.79 Å². The first-order chi connectivity index (χ1) is 10.6. The molecule has 0 saturated heterocycles. The van der Waals surface area contributed by atoms with Crippen molar-refractivity contribution < 1.29 is 19.1 Å². The normalized spacial score (nSPS) is 13.3. The minimum atomic E-state index is -0.866. The average molecular weight is 323 g/mol. The Balaban J connectivity index is 1.90. The summed E-state index contributed by atoms with van der Waals surface area (Å²) < 4.78 is 10.9. The van der Waals surface area contributed by atoms with E-state index in [2.05, 4.69) is 0 Å². The summed E-state index contributed by atoms with van der Waals surface area (Å²) in [6, 6.07) is 3.37. The van der Waals surface area contributed by atoms with Crippen LogP contribution in [0.4, 0.5) is 0 Å². The molecule has 0 fully saturated rings. The third-order valence-corrected chi connectivity index (χ3v) is 4.11. The fraction of sp³-hybridized carbons (Fsp3) is 0.375. The fourth-order valence-corrected chi connectivity index (χ4v) is 3.02. The highest BCUT2D eigenvalue weighted by atomic mass is 35.5. The van der Waals surface area contributed by atoms with E-state index in [1.54, 1.807) is 12.1 Å². The van der Waals surface area contributed by atoms with Crippen LogP contribution in [0.15, 0.2) is 21.3 Å². The maximum Gasteiger partial charge on any atom is 0.339 e. The molecule has 1 N–H and O–H groups in total. The second-order valence-electron chi connectivity index (χ2n) is 5.32. The van der Waals surface area contributed by atoms with Gasteiger partial charge in [0.15, 0.2) is 0 Å². The zero-order chi connectivity index (χ0) is 15.7. The minimum absolute atomic E-state index is 0.0355. The van der Waals surface area contributed by atoms with Gasteiger partial charge < -0.3 is 14.3 Å². The largest absolute Gasteiger partial charge is 0.492 e. The molecule has 0 amide bonds. The highest BCUT2D eigenvalue weighted by Gasteiger charge is 2.20. The number of halogens is 1. The molecule has 2 aromatic rings. The number of hydrogen-bond donors (Lipinski definition) is 1. The van der Waals surface area contributed by atoms with Crippen molar-refractivity contribution in [1.29, 1.82) is 0 Å². The van der Waals surface area contributed by atoms with Crippen LogP contribution in [0, 0.1) is 0 Å². The second-order valence-corrected chi connectivity index (χ2v) is 5.73. The molecule has 0 aliphatic heterocycles. The van der Waals surface area contributed by atoms with E-state index in [0.717, 1.165) is 35.8 Å². The van der Waals surface area contributed by atoms with Crippen molar-refractivity contribution in [2.45, 2.75) is 32.1 Å². The predicted molar refractivity (Wildman–Crippen MR) is 81.9 cm³/mol. The summed E-state index contributed by atoms with van der Waals surface area (Å²) in [5, 5.41) is 9.89. The van der Waals surface area contributed by atoms with Crippen molar-refractivity contribution in [2.75, 3.05) is 6.61 Å². The molecule has 0 bridgehead atoms. The Labute approximate surface area is 131 Å². The molecular formula is C16H15ClO5. The first-order valence-electron chi connectivity index (χ1n) is 7.19. The number of ether oxygens (including phenoxy) is 1. The van der Waals surface area contributed by atoms with Crippen LogP contribution in [0.25, 0.3) is 11.0 Å². The van der Waals surface area contributed by atoms with Gasteiger partial charge in [0.2, 0.25) is 0 Å². The topological polar surface area (TPSA) is 76.7 Å². The molecule has 1 aromatic carbocycles. The van der Waals surface area contributed by atoms with Gasteiger partial charge in [-0.3, -0.25) is 4.79 Å². The first kappa shape index (κ1) is 14.9. The third kappa shape index (κ3) is 2.81. The molecule has 0 unspecified atom stereocenters. The van der Waals surface area contributed by atoms with Crippen molar-refractivity contribution in [2.24, 2.45) is 0 Å². The van der Waals surface area contributed by atoms with Crippen LogP contribution in [0.5, 0.6) is 5.75 Å². The lowest BCUT2D eigenvalue weighted by atomic mass is 10.1. The molecule has 5 nitrogen and oxygen atoms in total. The Kier molecular flexibility index (Phi) is 4.07. The van der Waals surface area contributed by atoms with Crippen LogP contribution in [0.2, 0.25) is 5.02 Å². The van der Waals surface area contributed by atoms with Crippen LogP contribution < -0.4 is 10.4 Å². The van der Waals surface area contributed by atoms with E-state index in [1.807, 2.05) is 0 Å². The maximum absolute atomic E-state index is 12.0. The first-order valence-corrected chi connectivity index (χ1v) is 7.57. The van der Waals surface area contributed by atoms with Gasteiger partial charge in [-0.1, -0.05) is 11.6 Å². The molecule has 1 aliphatic carbocycles. The predicted octanol–water partition coefficient (Wildman–Crippen LogP) is 3.18. The lowest BCUT2D eigenvalue weighted by Gasteiger charge is -2.10. The van der Waals surface area contributed by atoms with Crippen molar-refractivity contribution in [1.82, 2.24) is 0 Å². The number of carboxylic acid groups (broad SMARTS) is 1. The van der Waals surface area contributed by atoms with E-state index < -0.39 is 5.97 Å². The molecule has 0 spiro atoms. The van der Waals surface area contributed by atoms with Gasteiger partial charge >= 0.3 is 11.6 Å². The van der Waals surface area contributed by atoms with Gasteiger partial charge in [-0.2, -0.15) is 0 Å². The van der Waals surface area contributed by atoms with Gasteiger partial charge in [0.25, 0.3) is 0 Å². The van der Waals surface area contributed by atoms with E-state index in [-0.39, 0.29) is 18.7 Å². The molecule has 0 atom stereocenters. The fourth-order valence-electron chi connectivity index (χ4n) is 2.80. The highest BCUT2D eigenvalue weighted by molar-refractivity contribution is 6.32. The number of rotatable bonds is 5. The zero-order valence-corrected chi connectivity index (χ0v) is 12.6. The smallest absolute Gasteiger partial charge is 0.339 e. The lowest BCUT2D eigenvalue weighted by Crippen LogP contribution is -2.07. The number of aryl methyl sites for hydroxylation is 1. The van der Waals surface area contributed by atoms with Crippen molar-refractivity contribution in [3.05, 3.63) is 38.7 Å². The SMILES string of the molecule is O=C(O)CCCOc1cc2oc(=O)c3c(c2cc1Cl)CCC3. The van der Waals surface area contributed by atoms with Gasteiger partial charge in [-0.05, 0) is 37.3 Å². The molecule has 0 radical (unpaired) electrons. The van der Waals surface area contributed by atoms with Crippen LogP contribution in [-0.4, -0.2) is 17.7 Å². The van der Waals surface area contributed by atoms with E-state index >= 15 is 0 Å². The molecule has 0 saturated carbocycles. The summed E-state index contributed by atoms with van der Waals surface area (Å²) in [6.07, 6.45) is 2.97. The molecule has 6 heteroatoms. The van der Waals surface area contributed by atoms with E-state index in [4.69, 9.17) is 25.9 Å². The van der Waals surface area contributed by atoms with Crippen LogP contribution >= 0.6 is 11.6 Å². The quantitative estimate of drug-likeness (QED) is 0.675. The van der Waals surface area contributed by atoms with Crippen LogP contribution in [-0.2, 0) is 17.6 Å². The molecule has 1 heterocycles. The molecular weight excluding hydrogens is 308 g/mol. The van der Waals surface area contributed by atoms with Gasteiger partial charge in [0.1, 0.15) is 11.3 Å². The monoisotopic (exact) mass is 322 g/mol. The molecule has 1 aromatic heterocycles. The summed E-state index contributed by atoms with van der Waals surface area (Å²) in [5.41, 5.74) is 1.94. The number of benzene rings is 1. The third-order valence-electron chi connectivity index (χ3n) is 3.82. The Morgan fingerprint density at radius 3 is 2.86 bits per heavy atom. The Hall–Kier alpha value is -2.01. The van der Waals surface area contributed by atoms with Gasteiger partial charge in [0, 0.05) is 23.4 Å². The van der Waals surface area contributed by atoms with Crippen molar-refractivity contribution in [3.63, 3.8) is 0 Å². The summed E-state index contributed by atoms with van der Waals surface area (Å²) in [6.45, 7) is 0.243. The van der Waals surface area contributed by atoms with E-state index in [0.29, 0.717) is 22.8 Å². The average Bonchev–Trinajstić information content (AvgIpc) is 2.95. The number of carbonyl (C=O) groups is 1. The van der Waals surface area contributed by atoms with E-state index in [1.165, 1.54) is 0 Å². The molecule has 116 valence electrons. The Bertz CT molecular complexity index is 793. The second kappa shape index (κ2) is 6.01. The minimum Gasteiger partial charge on any atom is -0.492 e. The Morgan fingerprint density at radius 2 is 2.09 bits per heavy atom.